The van der Waals surface area contributed by atoms with Crippen LogP contribution in [0.5, 0.6) is 0 Å². The first-order chi connectivity index (χ1) is 7.40. The van der Waals surface area contributed by atoms with Crippen LogP contribution in [0.3, 0.4) is 0 Å². The monoisotopic (exact) mass is 247 g/mol. The molecule has 1 aromatic heterocycles. The second-order valence-electron chi connectivity index (χ2n) is 3.12. The molecule has 8 nitrogen and oxygen atoms in total. The van der Waals surface area contributed by atoms with Crippen molar-refractivity contribution < 1.29 is 13.2 Å². The van der Waals surface area contributed by atoms with Gasteiger partial charge in [0.15, 0.2) is 0 Å². The van der Waals surface area contributed by atoms with Crippen LogP contribution in [0.2, 0.25) is 0 Å². The van der Waals surface area contributed by atoms with E-state index in [9.17, 15) is 13.2 Å². The minimum atomic E-state index is -3.23. The van der Waals surface area contributed by atoms with Crippen molar-refractivity contribution in [2.75, 3.05) is 25.1 Å². The predicted molar refractivity (Wildman–Crippen MR) is 58.2 cm³/mol. The molecule has 1 aromatic rings. The SMILES string of the molecule is CS(=O)(=O)NCCNC(=O)c1cn[nH]c1N. The van der Waals surface area contributed by atoms with Crippen molar-refractivity contribution in [3.8, 4) is 0 Å². The summed E-state index contributed by atoms with van der Waals surface area (Å²) in [4.78, 5) is 11.4. The van der Waals surface area contributed by atoms with Crippen molar-refractivity contribution in [1.29, 1.82) is 0 Å². The van der Waals surface area contributed by atoms with Crippen molar-refractivity contribution in [2.45, 2.75) is 0 Å². The van der Waals surface area contributed by atoms with Crippen LogP contribution in [-0.4, -0.2) is 43.9 Å². The zero-order valence-electron chi connectivity index (χ0n) is 8.65. The van der Waals surface area contributed by atoms with Crippen LogP contribution in [0.1, 0.15) is 10.4 Å². The van der Waals surface area contributed by atoms with Gasteiger partial charge in [-0.25, -0.2) is 13.1 Å². The number of hydrogen-bond acceptors (Lipinski definition) is 5. The first-order valence-electron chi connectivity index (χ1n) is 4.42. The molecule has 9 heteroatoms. The van der Waals surface area contributed by atoms with Crippen LogP contribution in [0.15, 0.2) is 6.20 Å². The van der Waals surface area contributed by atoms with Gasteiger partial charge in [-0.05, 0) is 0 Å². The Hall–Kier alpha value is -1.61. The number of nitrogens with two attached hydrogens (primary N) is 1. The number of aromatic nitrogens is 2. The maximum absolute atomic E-state index is 11.4. The maximum atomic E-state index is 11.4. The Balaban J connectivity index is 2.35. The lowest BCUT2D eigenvalue weighted by Crippen LogP contribution is -2.34. The molecular weight excluding hydrogens is 234 g/mol. The second kappa shape index (κ2) is 4.94. The Labute approximate surface area is 92.7 Å². The van der Waals surface area contributed by atoms with Crippen molar-refractivity contribution in [3.63, 3.8) is 0 Å². The molecule has 1 heterocycles. The smallest absolute Gasteiger partial charge is 0.256 e. The molecule has 90 valence electrons. The van der Waals surface area contributed by atoms with Gasteiger partial charge in [0.2, 0.25) is 10.0 Å². The number of carbonyl (C=O) groups excluding carboxylic acids is 1. The van der Waals surface area contributed by atoms with Crippen molar-refractivity contribution in [3.05, 3.63) is 11.8 Å². The summed E-state index contributed by atoms with van der Waals surface area (Å²) in [5.41, 5.74) is 5.66. The standard InChI is InChI=1S/C7H13N5O3S/c1-16(14,15)11-3-2-9-7(13)5-4-10-12-6(5)8/h4,11H,2-3H2,1H3,(H,9,13)(H3,8,10,12). The molecule has 0 spiro atoms. The number of nitrogens with one attached hydrogen (secondary N) is 3. The number of nitrogens with zero attached hydrogens (tertiary/aromatic N) is 1. The lowest BCUT2D eigenvalue weighted by atomic mass is 10.3. The second-order valence-corrected chi connectivity index (χ2v) is 4.95. The Kier molecular flexibility index (Phi) is 3.85. The summed E-state index contributed by atoms with van der Waals surface area (Å²) >= 11 is 0. The van der Waals surface area contributed by atoms with E-state index in [4.69, 9.17) is 5.73 Å². The van der Waals surface area contributed by atoms with Gasteiger partial charge in [-0.1, -0.05) is 0 Å². The average Bonchev–Trinajstić information content (AvgIpc) is 2.57. The van der Waals surface area contributed by atoms with Crippen LogP contribution in [0.25, 0.3) is 0 Å². The van der Waals surface area contributed by atoms with Crippen molar-refractivity contribution in [2.24, 2.45) is 0 Å². The van der Waals surface area contributed by atoms with Gasteiger partial charge in [-0.3, -0.25) is 9.89 Å². The summed E-state index contributed by atoms with van der Waals surface area (Å²) in [5.74, 6) is -0.227. The lowest BCUT2D eigenvalue weighted by Gasteiger charge is -2.04. The number of amides is 1. The van der Waals surface area contributed by atoms with Crippen LogP contribution >= 0.6 is 0 Å². The molecule has 0 saturated heterocycles. The number of rotatable bonds is 5. The molecule has 0 fully saturated rings. The highest BCUT2D eigenvalue weighted by atomic mass is 32.2. The molecule has 0 aliphatic carbocycles. The zero-order valence-corrected chi connectivity index (χ0v) is 9.47. The molecule has 1 amide bonds. The third-order valence-electron chi connectivity index (χ3n) is 1.69. The van der Waals surface area contributed by atoms with E-state index in [0.717, 1.165) is 6.26 Å². The van der Waals surface area contributed by atoms with Crippen LogP contribution in [-0.2, 0) is 10.0 Å². The molecule has 0 bridgehead atoms. The fraction of sp³-hybridized carbons (Fsp3) is 0.429. The molecule has 1 rings (SSSR count). The van der Waals surface area contributed by atoms with Gasteiger partial charge in [-0.15, -0.1) is 0 Å². The highest BCUT2D eigenvalue weighted by molar-refractivity contribution is 7.88. The Morgan fingerprint density at radius 1 is 1.56 bits per heavy atom. The molecule has 5 N–H and O–H groups in total. The molecule has 0 aliphatic rings. The Bertz CT molecular complexity index is 466. The van der Waals surface area contributed by atoms with E-state index in [0.29, 0.717) is 0 Å². The fourth-order valence-corrected chi connectivity index (χ4v) is 1.46. The molecule has 0 aliphatic heterocycles. The molecule has 0 unspecified atom stereocenters. The lowest BCUT2D eigenvalue weighted by molar-refractivity contribution is 0.0955. The summed E-state index contributed by atoms with van der Waals surface area (Å²) in [7, 11) is -3.23. The topological polar surface area (TPSA) is 130 Å². The Morgan fingerprint density at radius 2 is 2.25 bits per heavy atom. The van der Waals surface area contributed by atoms with E-state index in [1.165, 1.54) is 6.20 Å². The first-order valence-corrected chi connectivity index (χ1v) is 6.31. The van der Waals surface area contributed by atoms with Gasteiger partial charge < -0.3 is 11.1 Å². The number of anilines is 1. The van der Waals surface area contributed by atoms with Gasteiger partial charge in [0.25, 0.3) is 5.91 Å². The molecule has 0 saturated carbocycles. The third kappa shape index (κ3) is 3.87. The predicted octanol–water partition coefficient (Wildman–Crippen LogP) is -1.73. The van der Waals surface area contributed by atoms with Crippen LogP contribution < -0.4 is 15.8 Å². The normalized spacial score (nSPS) is 11.3. The number of carbonyl (C=O) groups is 1. The van der Waals surface area contributed by atoms with E-state index < -0.39 is 15.9 Å². The number of hydrogen-bond donors (Lipinski definition) is 4. The first kappa shape index (κ1) is 12.5. The van der Waals surface area contributed by atoms with Gasteiger partial charge in [0.05, 0.1) is 12.5 Å². The highest BCUT2D eigenvalue weighted by Gasteiger charge is 2.10. The average molecular weight is 247 g/mol. The molecule has 0 aromatic carbocycles. The van der Waals surface area contributed by atoms with Gasteiger partial charge >= 0.3 is 0 Å². The van der Waals surface area contributed by atoms with Gasteiger partial charge in [-0.2, -0.15) is 5.10 Å². The number of aromatic amines is 1. The van der Waals surface area contributed by atoms with E-state index in [1.807, 2.05) is 0 Å². The van der Waals surface area contributed by atoms with E-state index >= 15 is 0 Å². The minimum absolute atomic E-state index is 0.127. The van der Waals surface area contributed by atoms with E-state index in [-0.39, 0.29) is 24.5 Å². The largest absolute Gasteiger partial charge is 0.383 e. The van der Waals surface area contributed by atoms with Crippen LogP contribution in [0, 0.1) is 0 Å². The highest BCUT2D eigenvalue weighted by Crippen LogP contribution is 2.04. The number of sulfonamides is 1. The summed E-state index contributed by atoms with van der Waals surface area (Å²) < 4.78 is 23.6. The van der Waals surface area contributed by atoms with Crippen molar-refractivity contribution in [1.82, 2.24) is 20.2 Å². The van der Waals surface area contributed by atoms with Gasteiger partial charge in [0.1, 0.15) is 11.4 Å². The van der Waals surface area contributed by atoms with Crippen molar-refractivity contribution >= 4 is 21.7 Å². The third-order valence-corrected chi connectivity index (χ3v) is 2.42. The maximum Gasteiger partial charge on any atom is 0.256 e. The number of H-pyrrole nitrogens is 1. The zero-order chi connectivity index (χ0) is 12.2. The molecular formula is C7H13N5O3S. The molecule has 0 atom stereocenters. The summed E-state index contributed by atoms with van der Waals surface area (Å²) in [6.07, 6.45) is 2.34. The van der Waals surface area contributed by atoms with E-state index in [2.05, 4.69) is 20.2 Å². The minimum Gasteiger partial charge on any atom is -0.383 e. The van der Waals surface area contributed by atoms with Gasteiger partial charge in [0, 0.05) is 13.1 Å². The quantitative estimate of drug-likeness (QED) is 0.459. The van der Waals surface area contributed by atoms with E-state index in [1.54, 1.807) is 0 Å². The number of nitrogen functional groups attached to an aromatic ring is 1. The molecule has 0 radical (unpaired) electrons. The summed E-state index contributed by atoms with van der Waals surface area (Å²) in [6.45, 7) is 0.304. The molecule has 16 heavy (non-hydrogen) atoms. The van der Waals surface area contributed by atoms with Crippen LogP contribution in [0.4, 0.5) is 5.82 Å². The fourth-order valence-electron chi connectivity index (χ4n) is 0.985. The Morgan fingerprint density at radius 3 is 2.75 bits per heavy atom. The summed E-state index contributed by atoms with van der Waals surface area (Å²) in [5, 5.41) is 8.50. The summed E-state index contributed by atoms with van der Waals surface area (Å²) in [6, 6.07) is 0.